The minimum atomic E-state index is -0.572. The van der Waals surface area contributed by atoms with Gasteiger partial charge in [0.2, 0.25) is 0 Å². The first-order valence-corrected chi connectivity index (χ1v) is 7.12. The Hall–Kier alpha value is -2.07. The summed E-state index contributed by atoms with van der Waals surface area (Å²) in [4.78, 5) is 16.0. The maximum atomic E-state index is 11.9. The van der Waals surface area contributed by atoms with Crippen LogP contribution in [0.2, 0.25) is 5.02 Å². The first-order chi connectivity index (χ1) is 10.1. The lowest BCUT2D eigenvalue weighted by Crippen LogP contribution is -2.37. The summed E-state index contributed by atoms with van der Waals surface area (Å²) in [6, 6.07) is 10.8. The summed E-state index contributed by atoms with van der Waals surface area (Å²) in [5, 5.41) is 3.42. The van der Waals surface area contributed by atoms with Gasteiger partial charge in [-0.05, 0) is 43.2 Å². The van der Waals surface area contributed by atoms with Crippen LogP contribution in [0.3, 0.4) is 0 Å². The molecule has 1 aromatic carbocycles. The van der Waals surface area contributed by atoms with Crippen LogP contribution in [0.5, 0.6) is 5.75 Å². The van der Waals surface area contributed by atoms with E-state index in [0.717, 1.165) is 12.0 Å². The number of halogens is 1. The number of benzene rings is 1. The lowest BCUT2D eigenvalue weighted by molar-refractivity contribution is -0.127. The number of hydrogen-bond acceptors (Lipinski definition) is 3. The summed E-state index contributed by atoms with van der Waals surface area (Å²) in [7, 11) is 0. The number of aromatic nitrogens is 1. The van der Waals surface area contributed by atoms with E-state index in [1.54, 1.807) is 43.6 Å². The molecular weight excluding hydrogens is 288 g/mol. The third-order valence-electron chi connectivity index (χ3n) is 2.91. The first kappa shape index (κ1) is 15.3. The molecule has 0 saturated heterocycles. The Bertz CT molecular complexity index is 590. The van der Waals surface area contributed by atoms with Crippen LogP contribution in [0.15, 0.2) is 48.8 Å². The Balaban J connectivity index is 1.77. The van der Waals surface area contributed by atoms with Crippen molar-refractivity contribution in [2.45, 2.75) is 19.4 Å². The number of ether oxygens (including phenoxy) is 1. The highest BCUT2D eigenvalue weighted by Crippen LogP contribution is 2.18. The molecule has 1 unspecified atom stereocenters. The van der Waals surface area contributed by atoms with Gasteiger partial charge in [0.05, 0.1) is 0 Å². The largest absolute Gasteiger partial charge is 0.481 e. The monoisotopic (exact) mass is 304 g/mol. The molecule has 4 nitrogen and oxygen atoms in total. The SMILES string of the molecule is CC(Oc1cccc(Cl)c1)C(=O)NCCc1cccnc1. The Morgan fingerprint density at radius 2 is 2.24 bits per heavy atom. The zero-order chi connectivity index (χ0) is 15.1. The number of nitrogens with zero attached hydrogens (tertiary/aromatic N) is 1. The fourth-order valence-electron chi connectivity index (χ4n) is 1.82. The minimum absolute atomic E-state index is 0.154. The maximum Gasteiger partial charge on any atom is 0.260 e. The van der Waals surface area contributed by atoms with Crippen LogP contribution < -0.4 is 10.1 Å². The van der Waals surface area contributed by atoms with Crippen molar-refractivity contribution in [2.24, 2.45) is 0 Å². The van der Waals surface area contributed by atoms with Crippen LogP contribution in [-0.4, -0.2) is 23.5 Å². The van der Waals surface area contributed by atoms with E-state index < -0.39 is 6.10 Å². The van der Waals surface area contributed by atoms with Crippen molar-refractivity contribution in [2.75, 3.05) is 6.54 Å². The van der Waals surface area contributed by atoms with Gasteiger partial charge in [-0.25, -0.2) is 0 Å². The van der Waals surface area contributed by atoms with E-state index >= 15 is 0 Å². The molecule has 0 spiro atoms. The second-order valence-electron chi connectivity index (χ2n) is 4.62. The molecule has 2 rings (SSSR count). The van der Waals surface area contributed by atoms with Crippen LogP contribution in [0.1, 0.15) is 12.5 Å². The van der Waals surface area contributed by atoms with E-state index in [1.807, 2.05) is 12.1 Å². The number of hydrogen-bond donors (Lipinski definition) is 1. The standard InChI is InChI=1S/C16H17ClN2O2/c1-12(21-15-6-2-5-14(17)10-15)16(20)19-9-7-13-4-3-8-18-11-13/h2-6,8,10-12H,7,9H2,1H3,(H,19,20). The molecule has 1 atom stereocenters. The highest BCUT2D eigenvalue weighted by molar-refractivity contribution is 6.30. The van der Waals surface area contributed by atoms with E-state index in [1.165, 1.54) is 0 Å². The van der Waals surface area contributed by atoms with E-state index in [-0.39, 0.29) is 5.91 Å². The molecule has 21 heavy (non-hydrogen) atoms. The lowest BCUT2D eigenvalue weighted by atomic mass is 10.2. The summed E-state index contributed by atoms with van der Waals surface area (Å²) in [5.41, 5.74) is 1.08. The Kier molecular flexibility index (Phi) is 5.58. The maximum absolute atomic E-state index is 11.9. The van der Waals surface area contributed by atoms with Crippen molar-refractivity contribution in [1.29, 1.82) is 0 Å². The molecule has 0 bridgehead atoms. The van der Waals surface area contributed by atoms with Crippen molar-refractivity contribution in [3.8, 4) is 5.75 Å². The lowest BCUT2D eigenvalue weighted by Gasteiger charge is -2.14. The van der Waals surface area contributed by atoms with Crippen LogP contribution >= 0.6 is 11.6 Å². The molecule has 110 valence electrons. The molecule has 0 saturated carbocycles. The number of rotatable bonds is 6. The molecule has 5 heteroatoms. The van der Waals surface area contributed by atoms with Crippen molar-refractivity contribution < 1.29 is 9.53 Å². The number of nitrogens with one attached hydrogen (secondary N) is 1. The van der Waals surface area contributed by atoms with E-state index in [4.69, 9.17) is 16.3 Å². The fraction of sp³-hybridized carbons (Fsp3) is 0.250. The highest BCUT2D eigenvalue weighted by atomic mass is 35.5. The van der Waals surface area contributed by atoms with Crippen molar-refractivity contribution in [1.82, 2.24) is 10.3 Å². The van der Waals surface area contributed by atoms with Gasteiger partial charge in [0, 0.05) is 24.0 Å². The number of carbonyl (C=O) groups is 1. The fourth-order valence-corrected chi connectivity index (χ4v) is 2.00. The van der Waals surface area contributed by atoms with Crippen LogP contribution in [-0.2, 0) is 11.2 Å². The molecule has 1 amide bonds. The quantitative estimate of drug-likeness (QED) is 0.893. The first-order valence-electron chi connectivity index (χ1n) is 6.74. The predicted octanol–water partition coefficient (Wildman–Crippen LogP) is 2.86. The molecule has 1 N–H and O–H groups in total. The van der Waals surface area contributed by atoms with E-state index in [0.29, 0.717) is 17.3 Å². The second-order valence-corrected chi connectivity index (χ2v) is 5.06. The average Bonchev–Trinajstić information content (AvgIpc) is 2.48. The number of amides is 1. The van der Waals surface area contributed by atoms with Gasteiger partial charge in [0.1, 0.15) is 5.75 Å². The molecule has 0 aliphatic carbocycles. The van der Waals surface area contributed by atoms with Gasteiger partial charge in [-0.1, -0.05) is 23.7 Å². The summed E-state index contributed by atoms with van der Waals surface area (Å²) in [6.45, 7) is 2.26. The van der Waals surface area contributed by atoms with Gasteiger partial charge in [-0.3, -0.25) is 9.78 Å². The Labute approximate surface area is 129 Å². The van der Waals surface area contributed by atoms with Gasteiger partial charge >= 0.3 is 0 Å². The summed E-state index contributed by atoms with van der Waals surface area (Å²) in [5.74, 6) is 0.427. The van der Waals surface area contributed by atoms with Crippen LogP contribution in [0.4, 0.5) is 0 Å². The third-order valence-corrected chi connectivity index (χ3v) is 3.15. The van der Waals surface area contributed by atoms with Crippen LogP contribution in [0, 0.1) is 0 Å². The number of pyridine rings is 1. The van der Waals surface area contributed by atoms with Gasteiger partial charge in [0.15, 0.2) is 6.10 Å². The highest BCUT2D eigenvalue weighted by Gasteiger charge is 2.14. The van der Waals surface area contributed by atoms with Crippen molar-refractivity contribution in [3.05, 3.63) is 59.4 Å². The second kappa shape index (κ2) is 7.64. The molecule has 0 fully saturated rings. The predicted molar refractivity (Wildman–Crippen MR) is 82.5 cm³/mol. The molecule has 0 radical (unpaired) electrons. The van der Waals surface area contributed by atoms with Gasteiger partial charge in [0.25, 0.3) is 5.91 Å². The summed E-state index contributed by atoms with van der Waals surface area (Å²) >= 11 is 5.87. The molecular formula is C16H17ClN2O2. The smallest absolute Gasteiger partial charge is 0.260 e. The van der Waals surface area contributed by atoms with E-state index in [2.05, 4.69) is 10.3 Å². The average molecular weight is 305 g/mol. The van der Waals surface area contributed by atoms with Gasteiger partial charge in [-0.2, -0.15) is 0 Å². The minimum Gasteiger partial charge on any atom is -0.481 e. The summed E-state index contributed by atoms with van der Waals surface area (Å²) < 4.78 is 5.55. The van der Waals surface area contributed by atoms with Crippen molar-refractivity contribution >= 4 is 17.5 Å². The number of carbonyl (C=O) groups excluding carboxylic acids is 1. The topological polar surface area (TPSA) is 51.2 Å². The zero-order valence-electron chi connectivity index (χ0n) is 11.8. The molecule has 0 aliphatic heterocycles. The van der Waals surface area contributed by atoms with Gasteiger partial charge < -0.3 is 10.1 Å². The Morgan fingerprint density at radius 1 is 1.38 bits per heavy atom. The van der Waals surface area contributed by atoms with Crippen molar-refractivity contribution in [3.63, 3.8) is 0 Å². The molecule has 1 heterocycles. The van der Waals surface area contributed by atoms with Gasteiger partial charge in [-0.15, -0.1) is 0 Å². The Morgan fingerprint density at radius 3 is 2.95 bits per heavy atom. The molecule has 0 aliphatic rings. The molecule has 1 aromatic heterocycles. The molecule has 2 aromatic rings. The third kappa shape index (κ3) is 5.08. The van der Waals surface area contributed by atoms with E-state index in [9.17, 15) is 4.79 Å². The normalized spacial score (nSPS) is 11.7. The van der Waals surface area contributed by atoms with Crippen LogP contribution in [0.25, 0.3) is 0 Å². The zero-order valence-corrected chi connectivity index (χ0v) is 12.5. The summed E-state index contributed by atoms with van der Waals surface area (Å²) in [6.07, 6.45) is 3.68.